The average molecular weight is 310 g/mol. The fourth-order valence-corrected chi connectivity index (χ4v) is 3.98. The molecule has 0 aliphatic heterocycles. The highest BCUT2D eigenvalue weighted by Gasteiger charge is 2.25. The molecule has 18 heavy (non-hydrogen) atoms. The molecule has 0 amide bonds. The van der Waals surface area contributed by atoms with Crippen LogP contribution in [0, 0.1) is 11.8 Å². The average Bonchev–Trinajstić information content (AvgIpc) is 2.27. The molecule has 100 valence electrons. The topological polar surface area (TPSA) is 12.0 Å². The highest BCUT2D eigenvalue weighted by atomic mass is 79.9. The molecule has 2 rings (SSSR count). The van der Waals surface area contributed by atoms with E-state index in [9.17, 15) is 0 Å². The summed E-state index contributed by atoms with van der Waals surface area (Å²) in [5, 5.41) is 3.81. The minimum Gasteiger partial charge on any atom is -0.307 e. The molecule has 2 unspecified atom stereocenters. The summed E-state index contributed by atoms with van der Waals surface area (Å²) >= 11 is 3.65. The molecule has 1 aliphatic rings. The van der Waals surface area contributed by atoms with Crippen LogP contribution in [0.15, 0.2) is 28.7 Å². The summed E-state index contributed by atoms with van der Waals surface area (Å²) in [5.41, 5.74) is 1.36. The van der Waals surface area contributed by atoms with E-state index in [2.05, 4.69) is 66.3 Å². The maximum absolute atomic E-state index is 3.81. The highest BCUT2D eigenvalue weighted by Crippen LogP contribution is 2.31. The van der Waals surface area contributed by atoms with E-state index in [4.69, 9.17) is 0 Å². The van der Waals surface area contributed by atoms with Crippen LogP contribution in [0.1, 0.15) is 51.6 Å². The van der Waals surface area contributed by atoms with E-state index in [1.807, 2.05) is 0 Å². The van der Waals surface area contributed by atoms with E-state index >= 15 is 0 Å². The molecule has 0 aromatic heterocycles. The Morgan fingerprint density at radius 1 is 1.11 bits per heavy atom. The van der Waals surface area contributed by atoms with Crippen LogP contribution in [0.25, 0.3) is 0 Å². The van der Waals surface area contributed by atoms with E-state index in [0.717, 1.165) is 11.8 Å². The van der Waals surface area contributed by atoms with Gasteiger partial charge in [0, 0.05) is 16.6 Å². The molecule has 0 radical (unpaired) electrons. The van der Waals surface area contributed by atoms with Gasteiger partial charge >= 0.3 is 0 Å². The quantitative estimate of drug-likeness (QED) is 0.835. The fourth-order valence-electron chi connectivity index (χ4n) is 3.35. The SMILES string of the molecule is CC1CC(C)CC(N[C@@H](C)c2ccccc2Br)C1. The summed E-state index contributed by atoms with van der Waals surface area (Å²) in [4.78, 5) is 0. The minimum absolute atomic E-state index is 0.420. The van der Waals surface area contributed by atoms with Crippen LogP contribution in [-0.4, -0.2) is 6.04 Å². The Morgan fingerprint density at radius 3 is 2.33 bits per heavy atom. The number of hydrogen-bond acceptors (Lipinski definition) is 1. The monoisotopic (exact) mass is 309 g/mol. The summed E-state index contributed by atoms with van der Waals surface area (Å²) in [6.45, 7) is 7.03. The molecule has 1 aromatic carbocycles. The predicted molar refractivity (Wildman–Crippen MR) is 81.7 cm³/mol. The van der Waals surface area contributed by atoms with Gasteiger partial charge in [-0.3, -0.25) is 0 Å². The molecule has 1 aliphatic carbocycles. The molecule has 1 nitrogen and oxygen atoms in total. The molecule has 1 aromatic rings. The van der Waals surface area contributed by atoms with Crippen molar-refractivity contribution in [2.45, 2.75) is 52.1 Å². The Labute approximate surface area is 119 Å². The van der Waals surface area contributed by atoms with Crippen molar-refractivity contribution in [3.05, 3.63) is 34.3 Å². The van der Waals surface area contributed by atoms with Crippen molar-refractivity contribution in [3.8, 4) is 0 Å². The van der Waals surface area contributed by atoms with Crippen molar-refractivity contribution in [3.63, 3.8) is 0 Å². The van der Waals surface area contributed by atoms with Crippen LogP contribution in [-0.2, 0) is 0 Å². The lowest BCUT2D eigenvalue weighted by molar-refractivity contribution is 0.228. The van der Waals surface area contributed by atoms with E-state index in [-0.39, 0.29) is 0 Å². The van der Waals surface area contributed by atoms with Crippen molar-refractivity contribution in [1.29, 1.82) is 0 Å². The number of hydrogen-bond donors (Lipinski definition) is 1. The summed E-state index contributed by atoms with van der Waals surface area (Å²) in [7, 11) is 0. The van der Waals surface area contributed by atoms with Gasteiger partial charge in [-0.15, -0.1) is 0 Å². The number of rotatable bonds is 3. The zero-order valence-corrected chi connectivity index (χ0v) is 13.2. The highest BCUT2D eigenvalue weighted by molar-refractivity contribution is 9.10. The third-order valence-corrected chi connectivity index (χ3v) is 4.76. The first-order chi connectivity index (χ1) is 8.56. The minimum atomic E-state index is 0.420. The van der Waals surface area contributed by atoms with Crippen LogP contribution in [0.2, 0.25) is 0 Å². The molecule has 0 saturated heterocycles. The summed E-state index contributed by atoms with van der Waals surface area (Å²) < 4.78 is 1.21. The standard InChI is InChI=1S/C16H24BrN/c1-11-8-12(2)10-14(9-11)18-13(3)15-6-4-5-7-16(15)17/h4-7,11-14,18H,8-10H2,1-3H3/t11?,12?,13-,14?/m0/s1. The van der Waals surface area contributed by atoms with Crippen molar-refractivity contribution >= 4 is 15.9 Å². The van der Waals surface area contributed by atoms with Gasteiger partial charge in [0.1, 0.15) is 0 Å². The van der Waals surface area contributed by atoms with Crippen LogP contribution in [0.4, 0.5) is 0 Å². The maximum Gasteiger partial charge on any atom is 0.0305 e. The smallest absolute Gasteiger partial charge is 0.0305 e. The lowest BCUT2D eigenvalue weighted by Gasteiger charge is -2.34. The largest absolute Gasteiger partial charge is 0.307 e. The second-order valence-corrected chi connectivity index (χ2v) is 6.88. The molecule has 2 heteroatoms. The fraction of sp³-hybridized carbons (Fsp3) is 0.625. The maximum atomic E-state index is 3.81. The second kappa shape index (κ2) is 6.21. The van der Waals surface area contributed by atoms with E-state index in [1.54, 1.807) is 0 Å². The van der Waals surface area contributed by atoms with Gasteiger partial charge in [-0.1, -0.05) is 48.0 Å². The lowest BCUT2D eigenvalue weighted by Crippen LogP contribution is -2.37. The molecule has 0 spiro atoms. The third kappa shape index (κ3) is 3.58. The molecule has 3 atom stereocenters. The van der Waals surface area contributed by atoms with E-state index < -0.39 is 0 Å². The van der Waals surface area contributed by atoms with Crippen molar-refractivity contribution in [1.82, 2.24) is 5.32 Å². The van der Waals surface area contributed by atoms with E-state index in [0.29, 0.717) is 12.1 Å². The Balaban J connectivity index is 1.99. The Morgan fingerprint density at radius 2 is 1.72 bits per heavy atom. The van der Waals surface area contributed by atoms with Gasteiger partial charge in [-0.2, -0.15) is 0 Å². The zero-order chi connectivity index (χ0) is 13.1. The van der Waals surface area contributed by atoms with Gasteiger partial charge < -0.3 is 5.32 Å². The van der Waals surface area contributed by atoms with Crippen LogP contribution < -0.4 is 5.32 Å². The van der Waals surface area contributed by atoms with Crippen LogP contribution >= 0.6 is 15.9 Å². The molecule has 1 N–H and O–H groups in total. The Kier molecular flexibility index (Phi) is 4.85. The number of nitrogens with one attached hydrogen (secondary N) is 1. The molecular formula is C16H24BrN. The van der Waals surface area contributed by atoms with Crippen LogP contribution in [0.5, 0.6) is 0 Å². The Hall–Kier alpha value is -0.340. The summed E-state index contributed by atoms with van der Waals surface area (Å²) in [6.07, 6.45) is 4.03. The molecular weight excluding hydrogens is 286 g/mol. The summed E-state index contributed by atoms with van der Waals surface area (Å²) in [6, 6.07) is 9.61. The second-order valence-electron chi connectivity index (χ2n) is 6.02. The van der Waals surface area contributed by atoms with E-state index in [1.165, 1.54) is 29.3 Å². The lowest BCUT2D eigenvalue weighted by atomic mass is 9.80. The first kappa shape index (κ1) is 14.1. The van der Waals surface area contributed by atoms with Gasteiger partial charge in [0.15, 0.2) is 0 Å². The molecule has 1 fully saturated rings. The zero-order valence-electron chi connectivity index (χ0n) is 11.6. The van der Waals surface area contributed by atoms with Gasteiger partial charge in [-0.05, 0) is 49.7 Å². The molecule has 0 bridgehead atoms. The van der Waals surface area contributed by atoms with Crippen molar-refractivity contribution in [2.75, 3.05) is 0 Å². The molecule has 0 heterocycles. The first-order valence-corrected chi connectivity index (χ1v) is 7.86. The van der Waals surface area contributed by atoms with Crippen LogP contribution in [0.3, 0.4) is 0 Å². The molecule has 1 saturated carbocycles. The summed E-state index contributed by atoms with van der Waals surface area (Å²) in [5.74, 6) is 1.72. The van der Waals surface area contributed by atoms with Crippen molar-refractivity contribution < 1.29 is 0 Å². The number of halogens is 1. The normalized spacial score (nSPS) is 30.1. The van der Waals surface area contributed by atoms with Gasteiger partial charge in [0.2, 0.25) is 0 Å². The first-order valence-electron chi connectivity index (χ1n) is 7.06. The third-order valence-electron chi connectivity index (χ3n) is 4.04. The van der Waals surface area contributed by atoms with Gasteiger partial charge in [-0.25, -0.2) is 0 Å². The van der Waals surface area contributed by atoms with Gasteiger partial charge in [0.25, 0.3) is 0 Å². The number of benzene rings is 1. The van der Waals surface area contributed by atoms with Crippen molar-refractivity contribution in [2.24, 2.45) is 11.8 Å². The van der Waals surface area contributed by atoms with Gasteiger partial charge in [0.05, 0.1) is 0 Å². The Bertz CT molecular complexity index is 380. The predicted octanol–water partition coefficient (Wildman–Crippen LogP) is 4.92.